The van der Waals surface area contributed by atoms with Crippen LogP contribution < -0.4 is 10.6 Å². The van der Waals surface area contributed by atoms with Crippen molar-refractivity contribution in [3.8, 4) is 0 Å². The lowest BCUT2D eigenvalue weighted by Gasteiger charge is -2.06. The summed E-state index contributed by atoms with van der Waals surface area (Å²) in [5.74, 6) is -2.24. The smallest absolute Gasteiger partial charge is 0.325 e. The molecule has 1 atom stereocenters. The molecule has 1 heterocycles. The molecule has 0 saturated carbocycles. The van der Waals surface area contributed by atoms with Gasteiger partial charge in [-0.3, -0.25) is 19.4 Å². The highest BCUT2D eigenvalue weighted by atomic mass is 16.4. The van der Waals surface area contributed by atoms with Crippen LogP contribution in [-0.2, 0) is 20.9 Å². The summed E-state index contributed by atoms with van der Waals surface area (Å²) in [5, 5.41) is 13.4. The first kappa shape index (κ1) is 15.4. The number of carbonyl (C=O) groups excluding carboxylic acids is 2. The van der Waals surface area contributed by atoms with E-state index in [2.05, 4.69) is 15.6 Å². The van der Waals surface area contributed by atoms with Crippen LogP contribution in [0.3, 0.4) is 0 Å². The summed E-state index contributed by atoms with van der Waals surface area (Å²) in [4.78, 5) is 37.1. The monoisotopic (exact) mass is 277 g/mol. The molecule has 0 spiro atoms. The SMILES string of the molecule is C[C@H](NC(=O)/C=C/C(=O)NCc1cccnc1)C(=O)O. The number of carboxylic acids is 1. The summed E-state index contributed by atoms with van der Waals surface area (Å²) in [6.45, 7) is 1.63. The zero-order valence-electron chi connectivity index (χ0n) is 10.9. The second-order valence-electron chi connectivity index (χ2n) is 3.98. The van der Waals surface area contributed by atoms with Gasteiger partial charge in [-0.25, -0.2) is 0 Å². The predicted octanol–water partition coefficient (Wildman–Crippen LogP) is -0.157. The Morgan fingerprint density at radius 3 is 2.65 bits per heavy atom. The van der Waals surface area contributed by atoms with Gasteiger partial charge in [-0.15, -0.1) is 0 Å². The molecule has 0 aliphatic carbocycles. The van der Waals surface area contributed by atoms with Crippen LogP contribution in [0.1, 0.15) is 12.5 Å². The summed E-state index contributed by atoms with van der Waals surface area (Å²) < 4.78 is 0. The van der Waals surface area contributed by atoms with E-state index in [1.807, 2.05) is 0 Å². The molecule has 1 aromatic rings. The van der Waals surface area contributed by atoms with Gasteiger partial charge < -0.3 is 15.7 Å². The van der Waals surface area contributed by atoms with Crippen LogP contribution in [0.5, 0.6) is 0 Å². The molecule has 0 saturated heterocycles. The van der Waals surface area contributed by atoms with E-state index >= 15 is 0 Å². The number of hydrogen-bond acceptors (Lipinski definition) is 4. The lowest BCUT2D eigenvalue weighted by Crippen LogP contribution is -2.37. The minimum atomic E-state index is -1.15. The zero-order valence-corrected chi connectivity index (χ0v) is 10.9. The number of aromatic nitrogens is 1. The summed E-state index contributed by atoms with van der Waals surface area (Å²) in [6, 6.07) is 2.54. The van der Waals surface area contributed by atoms with Gasteiger partial charge in [0.15, 0.2) is 0 Å². The maximum absolute atomic E-state index is 11.4. The number of hydrogen-bond donors (Lipinski definition) is 3. The highest BCUT2D eigenvalue weighted by Crippen LogP contribution is 1.94. The fourth-order valence-corrected chi connectivity index (χ4v) is 1.23. The van der Waals surface area contributed by atoms with Crippen molar-refractivity contribution in [2.75, 3.05) is 0 Å². The third-order valence-corrected chi connectivity index (χ3v) is 2.30. The molecule has 20 heavy (non-hydrogen) atoms. The molecule has 7 nitrogen and oxygen atoms in total. The lowest BCUT2D eigenvalue weighted by molar-refractivity contribution is -0.140. The molecule has 2 amide bonds. The van der Waals surface area contributed by atoms with Gasteiger partial charge in [0, 0.05) is 31.1 Å². The number of carbonyl (C=O) groups is 3. The number of aliphatic carboxylic acids is 1. The molecule has 0 unspecified atom stereocenters. The topological polar surface area (TPSA) is 108 Å². The first-order chi connectivity index (χ1) is 9.49. The Hall–Kier alpha value is -2.70. The van der Waals surface area contributed by atoms with Crippen molar-refractivity contribution >= 4 is 17.8 Å². The molecule has 0 fully saturated rings. The molecule has 7 heteroatoms. The van der Waals surface area contributed by atoms with Gasteiger partial charge >= 0.3 is 5.97 Å². The van der Waals surface area contributed by atoms with E-state index in [-0.39, 0.29) is 0 Å². The van der Waals surface area contributed by atoms with Crippen molar-refractivity contribution in [1.29, 1.82) is 0 Å². The van der Waals surface area contributed by atoms with Crippen molar-refractivity contribution in [2.45, 2.75) is 19.5 Å². The quantitative estimate of drug-likeness (QED) is 0.626. The molecule has 106 valence electrons. The molecule has 1 aromatic heterocycles. The third kappa shape index (κ3) is 5.76. The van der Waals surface area contributed by atoms with Crippen molar-refractivity contribution in [1.82, 2.24) is 15.6 Å². The van der Waals surface area contributed by atoms with E-state index in [9.17, 15) is 14.4 Å². The lowest BCUT2D eigenvalue weighted by atomic mass is 10.3. The average molecular weight is 277 g/mol. The van der Waals surface area contributed by atoms with Crippen LogP contribution in [0, 0.1) is 0 Å². The van der Waals surface area contributed by atoms with Crippen molar-refractivity contribution < 1.29 is 19.5 Å². The van der Waals surface area contributed by atoms with Crippen LogP contribution in [0.2, 0.25) is 0 Å². The molecule has 1 rings (SSSR count). The molecule has 0 aromatic carbocycles. The first-order valence-corrected chi connectivity index (χ1v) is 5.87. The van der Waals surface area contributed by atoms with Gasteiger partial charge in [-0.2, -0.15) is 0 Å². The predicted molar refractivity (Wildman–Crippen MR) is 70.5 cm³/mol. The third-order valence-electron chi connectivity index (χ3n) is 2.30. The van der Waals surface area contributed by atoms with Gasteiger partial charge in [0.25, 0.3) is 0 Å². The second-order valence-corrected chi connectivity index (χ2v) is 3.98. The average Bonchev–Trinajstić information content (AvgIpc) is 2.43. The van der Waals surface area contributed by atoms with E-state index in [1.165, 1.54) is 6.92 Å². The summed E-state index contributed by atoms with van der Waals surface area (Å²) in [7, 11) is 0. The van der Waals surface area contributed by atoms with Crippen LogP contribution in [0.15, 0.2) is 36.7 Å². The molecule has 0 aliphatic rings. The van der Waals surface area contributed by atoms with Crippen molar-refractivity contribution in [3.05, 3.63) is 42.2 Å². The molecule has 3 N–H and O–H groups in total. The minimum absolute atomic E-state index is 0.296. The van der Waals surface area contributed by atoms with Crippen LogP contribution in [0.4, 0.5) is 0 Å². The number of amides is 2. The van der Waals surface area contributed by atoms with Gasteiger partial charge in [0.2, 0.25) is 11.8 Å². The zero-order chi connectivity index (χ0) is 15.0. The van der Waals surface area contributed by atoms with Gasteiger partial charge in [-0.05, 0) is 18.6 Å². The fraction of sp³-hybridized carbons (Fsp3) is 0.231. The second kappa shape index (κ2) is 7.67. The Morgan fingerprint density at radius 2 is 2.05 bits per heavy atom. The Labute approximate surface area is 115 Å². The standard InChI is InChI=1S/C13H15N3O4/c1-9(13(19)20)16-12(18)5-4-11(17)15-8-10-3-2-6-14-7-10/h2-7,9H,8H2,1H3,(H,15,17)(H,16,18)(H,19,20)/b5-4+/t9-/m0/s1. The van der Waals surface area contributed by atoms with E-state index in [0.717, 1.165) is 17.7 Å². The summed E-state index contributed by atoms with van der Waals surface area (Å²) >= 11 is 0. The number of rotatable bonds is 6. The number of carboxylic acid groups (broad SMARTS) is 1. The number of nitrogens with one attached hydrogen (secondary N) is 2. The highest BCUT2D eigenvalue weighted by molar-refractivity contribution is 5.97. The summed E-state index contributed by atoms with van der Waals surface area (Å²) in [6.07, 6.45) is 5.27. The molecular weight excluding hydrogens is 262 g/mol. The van der Waals surface area contributed by atoms with E-state index < -0.39 is 23.8 Å². The van der Waals surface area contributed by atoms with Gasteiger partial charge in [0.1, 0.15) is 6.04 Å². The Bertz CT molecular complexity index is 514. The maximum atomic E-state index is 11.4. The van der Waals surface area contributed by atoms with Crippen LogP contribution >= 0.6 is 0 Å². The number of nitrogens with zero attached hydrogens (tertiary/aromatic N) is 1. The minimum Gasteiger partial charge on any atom is -0.480 e. The Balaban J connectivity index is 2.36. The van der Waals surface area contributed by atoms with Gasteiger partial charge in [-0.1, -0.05) is 6.07 Å². The normalized spacial score (nSPS) is 11.8. The maximum Gasteiger partial charge on any atom is 0.325 e. The molecule has 0 bridgehead atoms. The van der Waals surface area contributed by atoms with E-state index in [0.29, 0.717) is 6.54 Å². The number of pyridine rings is 1. The Morgan fingerprint density at radius 1 is 1.35 bits per heavy atom. The van der Waals surface area contributed by atoms with Crippen molar-refractivity contribution in [2.24, 2.45) is 0 Å². The van der Waals surface area contributed by atoms with Crippen molar-refractivity contribution in [3.63, 3.8) is 0 Å². The van der Waals surface area contributed by atoms with Crippen LogP contribution in [0.25, 0.3) is 0 Å². The van der Waals surface area contributed by atoms with E-state index in [4.69, 9.17) is 5.11 Å². The van der Waals surface area contributed by atoms with Gasteiger partial charge in [0.05, 0.1) is 0 Å². The van der Waals surface area contributed by atoms with Crippen LogP contribution in [-0.4, -0.2) is 33.9 Å². The first-order valence-electron chi connectivity index (χ1n) is 5.87. The molecule has 0 radical (unpaired) electrons. The highest BCUT2D eigenvalue weighted by Gasteiger charge is 2.11. The molecular formula is C13H15N3O4. The largest absolute Gasteiger partial charge is 0.480 e. The molecule has 0 aliphatic heterocycles. The Kier molecular flexibility index (Phi) is 5.89. The van der Waals surface area contributed by atoms with E-state index in [1.54, 1.807) is 24.5 Å². The fourth-order valence-electron chi connectivity index (χ4n) is 1.23. The summed E-state index contributed by atoms with van der Waals surface area (Å²) in [5.41, 5.74) is 0.832.